The maximum atomic E-state index is 5.53. The van der Waals surface area contributed by atoms with Crippen LogP contribution in [-0.2, 0) is 5.41 Å². The van der Waals surface area contributed by atoms with Crippen LogP contribution in [0.5, 0.6) is 0 Å². The van der Waals surface area contributed by atoms with E-state index in [2.05, 4.69) is 260 Å². The summed E-state index contributed by atoms with van der Waals surface area (Å²) in [5.74, 6) is 0. The van der Waals surface area contributed by atoms with Gasteiger partial charge in [0.05, 0.1) is 16.9 Å². The quantitative estimate of drug-likeness (QED) is 0.152. The van der Waals surface area contributed by atoms with Gasteiger partial charge in [-0.25, -0.2) is 4.52 Å². The summed E-state index contributed by atoms with van der Waals surface area (Å²) in [4.78, 5) is 2.47. The van der Waals surface area contributed by atoms with Gasteiger partial charge in [0.1, 0.15) is 5.69 Å². The largest absolute Gasteiger partial charge is 0.310 e. The molecular formula is C62H45N3. The van der Waals surface area contributed by atoms with E-state index in [0.29, 0.717) is 0 Å². The highest BCUT2D eigenvalue weighted by molar-refractivity contribution is 6.10. The Bertz CT molecular complexity index is 3520. The standard InChI is InChI=1S/C62H45N3/c1-62(2)54-27-16-15-26-52(54)59-55(62)28-17-29-56(59)64(50-37-34-45(35-38-50)44-32-30-43(31-33-44)42-18-7-3-8-19-42)51-39-36-49-40-57(46-20-9-4-10-21-46)65-61(53(49)41-51)58(47-22-11-5-12-23-47)60(63-65)48-24-13-6-14-25-48/h3-41H,1-2H3. The van der Waals surface area contributed by atoms with Crippen LogP contribution in [0.25, 0.3) is 83.3 Å². The molecule has 0 aliphatic heterocycles. The zero-order valence-corrected chi connectivity index (χ0v) is 36.4. The first-order valence-corrected chi connectivity index (χ1v) is 22.5. The molecule has 0 saturated carbocycles. The van der Waals surface area contributed by atoms with Crippen molar-refractivity contribution in [2.45, 2.75) is 19.3 Å². The van der Waals surface area contributed by atoms with Crippen molar-refractivity contribution < 1.29 is 0 Å². The number of benzene rings is 9. The van der Waals surface area contributed by atoms with Gasteiger partial charge in [0, 0.05) is 44.4 Å². The molecule has 0 amide bonds. The molecule has 11 aromatic rings. The molecule has 3 heteroatoms. The number of fused-ring (bicyclic) bond motifs is 6. The predicted molar refractivity (Wildman–Crippen MR) is 272 cm³/mol. The van der Waals surface area contributed by atoms with Crippen LogP contribution >= 0.6 is 0 Å². The minimum atomic E-state index is -0.150. The lowest BCUT2D eigenvalue weighted by molar-refractivity contribution is 0.660. The minimum absolute atomic E-state index is 0.150. The Hall–Kier alpha value is -8.27. The van der Waals surface area contributed by atoms with Gasteiger partial charge in [0.25, 0.3) is 0 Å². The van der Waals surface area contributed by atoms with Crippen LogP contribution < -0.4 is 4.90 Å². The van der Waals surface area contributed by atoms with Gasteiger partial charge < -0.3 is 4.90 Å². The molecule has 1 aliphatic rings. The zero-order valence-electron chi connectivity index (χ0n) is 36.4. The maximum absolute atomic E-state index is 5.53. The lowest BCUT2D eigenvalue weighted by atomic mass is 9.82. The summed E-state index contributed by atoms with van der Waals surface area (Å²) >= 11 is 0. The molecule has 65 heavy (non-hydrogen) atoms. The van der Waals surface area contributed by atoms with Crippen LogP contribution in [0.2, 0.25) is 0 Å². The second-order valence-corrected chi connectivity index (χ2v) is 17.6. The second-order valence-electron chi connectivity index (χ2n) is 17.6. The first-order chi connectivity index (χ1) is 32.0. The summed E-state index contributed by atoms with van der Waals surface area (Å²) in [5, 5.41) is 7.81. The van der Waals surface area contributed by atoms with E-state index in [4.69, 9.17) is 5.10 Å². The van der Waals surface area contributed by atoms with Crippen molar-refractivity contribution in [3.63, 3.8) is 0 Å². The van der Waals surface area contributed by atoms with E-state index in [1.54, 1.807) is 0 Å². The zero-order chi connectivity index (χ0) is 43.5. The second kappa shape index (κ2) is 15.5. The van der Waals surface area contributed by atoms with Gasteiger partial charge in [-0.1, -0.05) is 214 Å². The van der Waals surface area contributed by atoms with Gasteiger partial charge >= 0.3 is 0 Å². The molecule has 0 bridgehead atoms. The maximum Gasteiger partial charge on any atom is 0.101 e. The Kier molecular flexibility index (Phi) is 9.17. The van der Waals surface area contributed by atoms with Gasteiger partial charge in [0.15, 0.2) is 0 Å². The smallest absolute Gasteiger partial charge is 0.101 e. The summed E-state index contributed by atoms with van der Waals surface area (Å²) in [5.41, 5.74) is 20.7. The first kappa shape index (κ1) is 38.4. The number of anilines is 3. The highest BCUT2D eigenvalue weighted by Gasteiger charge is 2.38. The van der Waals surface area contributed by atoms with Crippen LogP contribution in [0.15, 0.2) is 237 Å². The fraction of sp³-hybridized carbons (Fsp3) is 0.0484. The summed E-state index contributed by atoms with van der Waals surface area (Å²) < 4.78 is 2.19. The SMILES string of the molecule is CC1(C)c2ccccc2-c2c(N(c3ccc(-c4ccc(-c5ccccc5)cc4)cc3)c3ccc4cc(-c5ccccc5)n5nc(-c6ccccc6)c(-c6ccccc6)c5c4c3)cccc21. The van der Waals surface area contributed by atoms with E-state index in [-0.39, 0.29) is 5.41 Å². The molecule has 3 nitrogen and oxygen atoms in total. The molecular weight excluding hydrogens is 787 g/mol. The third-order valence-corrected chi connectivity index (χ3v) is 13.4. The molecule has 2 heterocycles. The highest BCUT2D eigenvalue weighted by Crippen LogP contribution is 2.54. The van der Waals surface area contributed by atoms with E-state index in [1.807, 2.05) is 0 Å². The summed E-state index contributed by atoms with van der Waals surface area (Å²) in [6, 6.07) is 85.7. The molecule has 2 aromatic heterocycles. The van der Waals surface area contributed by atoms with Gasteiger partial charge in [-0.2, -0.15) is 5.10 Å². The van der Waals surface area contributed by atoms with Crippen LogP contribution in [0.1, 0.15) is 25.0 Å². The van der Waals surface area contributed by atoms with E-state index < -0.39 is 0 Å². The molecule has 0 radical (unpaired) electrons. The van der Waals surface area contributed by atoms with Crippen molar-refractivity contribution in [3.8, 4) is 67.0 Å². The molecule has 0 unspecified atom stereocenters. The highest BCUT2D eigenvalue weighted by atomic mass is 15.2. The third kappa shape index (κ3) is 6.47. The van der Waals surface area contributed by atoms with Crippen molar-refractivity contribution in [2.75, 3.05) is 4.90 Å². The Balaban J connectivity index is 1.10. The van der Waals surface area contributed by atoms with Crippen LogP contribution in [0, 0.1) is 0 Å². The summed E-state index contributed by atoms with van der Waals surface area (Å²) in [7, 11) is 0. The molecule has 0 atom stereocenters. The Morgan fingerprint density at radius 1 is 0.400 bits per heavy atom. The number of hydrogen-bond donors (Lipinski definition) is 0. The molecule has 12 rings (SSSR count). The molecule has 0 fully saturated rings. The molecule has 308 valence electrons. The van der Waals surface area contributed by atoms with E-state index in [1.165, 1.54) is 44.5 Å². The number of rotatable bonds is 8. The normalized spacial score (nSPS) is 12.6. The Labute approximate surface area is 380 Å². The van der Waals surface area contributed by atoms with Crippen LogP contribution in [0.4, 0.5) is 17.1 Å². The number of aromatic nitrogens is 2. The van der Waals surface area contributed by atoms with Gasteiger partial charge in [0.2, 0.25) is 0 Å². The molecule has 1 aliphatic carbocycles. The van der Waals surface area contributed by atoms with Crippen molar-refractivity contribution in [1.82, 2.24) is 9.61 Å². The fourth-order valence-electron chi connectivity index (χ4n) is 10.2. The number of hydrogen-bond acceptors (Lipinski definition) is 2. The Morgan fingerprint density at radius 2 is 0.908 bits per heavy atom. The Morgan fingerprint density at radius 3 is 1.55 bits per heavy atom. The van der Waals surface area contributed by atoms with Crippen LogP contribution in [0.3, 0.4) is 0 Å². The molecule has 0 spiro atoms. The predicted octanol–water partition coefficient (Wildman–Crippen LogP) is 16.6. The van der Waals surface area contributed by atoms with Gasteiger partial charge in [-0.3, -0.25) is 0 Å². The van der Waals surface area contributed by atoms with E-state index in [0.717, 1.165) is 67.0 Å². The summed E-state index contributed by atoms with van der Waals surface area (Å²) in [6.45, 7) is 4.71. The lowest BCUT2D eigenvalue weighted by Crippen LogP contribution is -2.16. The molecule has 0 saturated heterocycles. The van der Waals surface area contributed by atoms with E-state index >= 15 is 0 Å². The van der Waals surface area contributed by atoms with Gasteiger partial charge in [-0.05, 0) is 86.3 Å². The minimum Gasteiger partial charge on any atom is -0.310 e. The average molecular weight is 832 g/mol. The number of nitrogens with zero attached hydrogens (tertiary/aromatic N) is 3. The molecule has 9 aromatic carbocycles. The summed E-state index contributed by atoms with van der Waals surface area (Å²) in [6.07, 6.45) is 0. The lowest BCUT2D eigenvalue weighted by Gasteiger charge is -2.29. The molecule has 0 N–H and O–H groups in total. The van der Waals surface area contributed by atoms with Crippen molar-refractivity contribution in [3.05, 3.63) is 248 Å². The average Bonchev–Trinajstić information content (AvgIpc) is 3.89. The first-order valence-electron chi connectivity index (χ1n) is 22.5. The topological polar surface area (TPSA) is 20.5 Å². The fourth-order valence-corrected chi connectivity index (χ4v) is 10.2. The van der Waals surface area contributed by atoms with Crippen LogP contribution in [-0.4, -0.2) is 9.61 Å². The van der Waals surface area contributed by atoms with E-state index in [9.17, 15) is 0 Å². The van der Waals surface area contributed by atoms with Crippen molar-refractivity contribution >= 4 is 33.4 Å². The van der Waals surface area contributed by atoms with Gasteiger partial charge in [-0.15, -0.1) is 0 Å². The number of pyridine rings is 1. The van der Waals surface area contributed by atoms with Crippen molar-refractivity contribution in [1.29, 1.82) is 0 Å². The third-order valence-electron chi connectivity index (χ3n) is 13.4. The monoisotopic (exact) mass is 831 g/mol. The van der Waals surface area contributed by atoms with Crippen molar-refractivity contribution in [2.24, 2.45) is 0 Å².